The molecule has 1 fully saturated rings. The molecule has 2 aliphatic carbocycles. The molecule has 3 unspecified atom stereocenters. The van der Waals surface area contributed by atoms with Crippen LogP contribution in [-0.2, 0) is 11.2 Å². The van der Waals surface area contributed by atoms with Gasteiger partial charge in [-0.1, -0.05) is 52.0 Å². The minimum Gasteiger partial charge on any atom is -0.381 e. The number of hydrogen-bond donors (Lipinski definition) is 1. The molecule has 2 heteroatoms. The fourth-order valence-electron chi connectivity index (χ4n) is 4.08. The Morgan fingerprint density at radius 2 is 1.85 bits per heavy atom. The van der Waals surface area contributed by atoms with Gasteiger partial charge in [0.25, 0.3) is 0 Å². The van der Waals surface area contributed by atoms with E-state index in [2.05, 4.69) is 57.3 Å². The molecule has 1 saturated carbocycles. The minimum atomic E-state index is 0.225. The highest BCUT2D eigenvalue weighted by Crippen LogP contribution is 2.49. The average Bonchev–Trinajstić information content (AvgIpc) is 2.64. The molecule has 2 nitrogen and oxygen atoms in total. The van der Waals surface area contributed by atoms with Crippen LogP contribution < -0.4 is 5.32 Å². The largest absolute Gasteiger partial charge is 0.381 e. The van der Waals surface area contributed by atoms with Crippen LogP contribution in [0, 0.1) is 10.8 Å². The smallest absolute Gasteiger partial charge is 0.0652 e. The molecule has 3 atom stereocenters. The predicted molar refractivity (Wildman–Crippen MR) is 82.8 cm³/mol. The number of hydrogen-bond acceptors (Lipinski definition) is 2. The molecule has 0 saturated heterocycles. The Morgan fingerprint density at radius 1 is 1.15 bits per heavy atom. The summed E-state index contributed by atoms with van der Waals surface area (Å²) in [6.07, 6.45) is 2.68. The summed E-state index contributed by atoms with van der Waals surface area (Å²) < 4.78 is 5.58. The number of fused-ring (bicyclic) bond motifs is 1. The van der Waals surface area contributed by atoms with Crippen molar-refractivity contribution in [3.8, 4) is 0 Å². The number of methoxy groups -OCH3 is 1. The zero-order valence-electron chi connectivity index (χ0n) is 13.4. The van der Waals surface area contributed by atoms with Crippen LogP contribution in [0.15, 0.2) is 24.3 Å². The van der Waals surface area contributed by atoms with Crippen molar-refractivity contribution in [2.75, 3.05) is 7.11 Å². The molecule has 1 aromatic rings. The Morgan fingerprint density at radius 3 is 2.50 bits per heavy atom. The Hall–Kier alpha value is -0.860. The molecule has 1 N–H and O–H groups in total. The maximum Gasteiger partial charge on any atom is 0.0652 e. The van der Waals surface area contributed by atoms with Crippen LogP contribution in [0.5, 0.6) is 0 Å². The summed E-state index contributed by atoms with van der Waals surface area (Å²) in [6.45, 7) is 9.39. The first-order valence-electron chi connectivity index (χ1n) is 7.73. The van der Waals surface area contributed by atoms with Gasteiger partial charge in [-0.05, 0) is 29.4 Å². The fourth-order valence-corrected chi connectivity index (χ4v) is 4.08. The summed E-state index contributed by atoms with van der Waals surface area (Å²) in [5, 5.41) is 3.94. The van der Waals surface area contributed by atoms with Crippen LogP contribution >= 0.6 is 0 Å². The lowest BCUT2D eigenvalue weighted by Gasteiger charge is -2.53. The van der Waals surface area contributed by atoms with Gasteiger partial charge in [0.05, 0.1) is 6.10 Å². The maximum absolute atomic E-state index is 5.58. The van der Waals surface area contributed by atoms with E-state index in [0.717, 1.165) is 6.42 Å². The van der Waals surface area contributed by atoms with Crippen molar-refractivity contribution in [1.29, 1.82) is 0 Å². The molecule has 0 amide bonds. The minimum absolute atomic E-state index is 0.225. The van der Waals surface area contributed by atoms with Gasteiger partial charge in [-0.15, -0.1) is 0 Å². The molecule has 20 heavy (non-hydrogen) atoms. The fraction of sp³-hybridized carbons (Fsp3) is 0.667. The summed E-state index contributed by atoms with van der Waals surface area (Å²) in [6, 6.07) is 9.90. The van der Waals surface area contributed by atoms with E-state index in [1.165, 1.54) is 17.5 Å². The Bertz CT molecular complexity index is 506. The van der Waals surface area contributed by atoms with Gasteiger partial charge in [-0.2, -0.15) is 0 Å². The molecule has 0 radical (unpaired) electrons. The van der Waals surface area contributed by atoms with Crippen LogP contribution in [-0.4, -0.2) is 19.3 Å². The lowest BCUT2D eigenvalue weighted by Crippen LogP contribution is -2.61. The Balaban J connectivity index is 1.81. The summed E-state index contributed by atoms with van der Waals surface area (Å²) in [5.74, 6) is 0. The Labute approximate surface area is 122 Å². The van der Waals surface area contributed by atoms with Crippen molar-refractivity contribution >= 4 is 0 Å². The van der Waals surface area contributed by atoms with Crippen LogP contribution in [0.4, 0.5) is 0 Å². The number of benzene rings is 1. The molecular weight excluding hydrogens is 246 g/mol. The van der Waals surface area contributed by atoms with Crippen molar-refractivity contribution in [1.82, 2.24) is 5.32 Å². The van der Waals surface area contributed by atoms with Gasteiger partial charge in [0.2, 0.25) is 0 Å². The van der Waals surface area contributed by atoms with Crippen molar-refractivity contribution in [2.45, 2.75) is 58.7 Å². The monoisotopic (exact) mass is 273 g/mol. The zero-order valence-corrected chi connectivity index (χ0v) is 13.4. The van der Waals surface area contributed by atoms with E-state index in [1.807, 2.05) is 7.11 Å². The summed E-state index contributed by atoms with van der Waals surface area (Å²) in [4.78, 5) is 0. The first kappa shape index (κ1) is 14.1. The van der Waals surface area contributed by atoms with Gasteiger partial charge in [0.15, 0.2) is 0 Å². The van der Waals surface area contributed by atoms with E-state index < -0.39 is 0 Å². The molecular formula is C18H27NO. The molecule has 3 rings (SSSR count). The lowest BCUT2D eigenvalue weighted by atomic mass is 9.64. The van der Waals surface area contributed by atoms with E-state index in [4.69, 9.17) is 4.74 Å². The molecule has 0 spiro atoms. The van der Waals surface area contributed by atoms with Crippen molar-refractivity contribution in [3.63, 3.8) is 0 Å². The third kappa shape index (κ3) is 2.01. The molecule has 110 valence electrons. The second-order valence-corrected chi connectivity index (χ2v) is 7.80. The SMILES string of the molecule is COC1CC(NC2c3ccccc3CC2(C)C)C1(C)C. The van der Waals surface area contributed by atoms with Gasteiger partial charge in [-0.25, -0.2) is 0 Å². The molecule has 0 heterocycles. The molecule has 1 aromatic carbocycles. The highest BCUT2D eigenvalue weighted by Gasteiger charge is 2.51. The highest BCUT2D eigenvalue weighted by molar-refractivity contribution is 5.37. The van der Waals surface area contributed by atoms with Crippen LogP contribution in [0.25, 0.3) is 0 Å². The van der Waals surface area contributed by atoms with E-state index in [0.29, 0.717) is 18.2 Å². The molecule has 2 aliphatic rings. The number of rotatable bonds is 3. The van der Waals surface area contributed by atoms with Gasteiger partial charge in [-0.3, -0.25) is 0 Å². The third-order valence-corrected chi connectivity index (χ3v) is 5.62. The molecule has 0 bridgehead atoms. The maximum atomic E-state index is 5.58. The number of nitrogens with one attached hydrogen (secondary N) is 1. The number of ether oxygens (including phenoxy) is 1. The summed E-state index contributed by atoms with van der Waals surface area (Å²) in [7, 11) is 1.83. The van der Waals surface area contributed by atoms with Crippen LogP contribution in [0.3, 0.4) is 0 Å². The summed E-state index contributed by atoms with van der Waals surface area (Å²) >= 11 is 0. The second-order valence-electron chi connectivity index (χ2n) is 7.80. The zero-order chi connectivity index (χ0) is 14.5. The quantitative estimate of drug-likeness (QED) is 0.906. The standard InChI is InChI=1S/C18H27NO/c1-17(2)11-12-8-6-7-9-13(12)16(17)19-14-10-15(20-5)18(14,3)4/h6-9,14-16,19H,10-11H2,1-5H3. The predicted octanol–water partition coefficient (Wildman–Crippen LogP) is 3.71. The third-order valence-electron chi connectivity index (χ3n) is 5.62. The van der Waals surface area contributed by atoms with E-state index in [9.17, 15) is 0 Å². The van der Waals surface area contributed by atoms with Crippen molar-refractivity contribution in [3.05, 3.63) is 35.4 Å². The normalized spacial score (nSPS) is 33.5. The first-order valence-corrected chi connectivity index (χ1v) is 7.73. The first-order chi connectivity index (χ1) is 9.36. The van der Waals surface area contributed by atoms with E-state index in [1.54, 1.807) is 0 Å². The van der Waals surface area contributed by atoms with Crippen LogP contribution in [0.2, 0.25) is 0 Å². The van der Waals surface area contributed by atoms with Gasteiger partial charge in [0, 0.05) is 24.6 Å². The van der Waals surface area contributed by atoms with Gasteiger partial charge < -0.3 is 10.1 Å². The lowest BCUT2D eigenvalue weighted by molar-refractivity contribution is -0.103. The van der Waals surface area contributed by atoms with Crippen LogP contribution in [0.1, 0.15) is 51.3 Å². The van der Waals surface area contributed by atoms with Gasteiger partial charge >= 0.3 is 0 Å². The second kappa shape index (κ2) is 4.57. The van der Waals surface area contributed by atoms with Gasteiger partial charge in [0.1, 0.15) is 0 Å². The topological polar surface area (TPSA) is 21.3 Å². The van der Waals surface area contributed by atoms with E-state index >= 15 is 0 Å². The Kier molecular flexibility index (Phi) is 3.22. The molecule has 0 aromatic heterocycles. The average molecular weight is 273 g/mol. The van der Waals surface area contributed by atoms with Crippen molar-refractivity contribution < 1.29 is 4.74 Å². The molecule has 0 aliphatic heterocycles. The van der Waals surface area contributed by atoms with Crippen molar-refractivity contribution in [2.24, 2.45) is 10.8 Å². The van der Waals surface area contributed by atoms with E-state index in [-0.39, 0.29) is 10.8 Å². The summed E-state index contributed by atoms with van der Waals surface area (Å²) in [5.41, 5.74) is 3.52. The highest BCUT2D eigenvalue weighted by atomic mass is 16.5.